The number of rotatable bonds is 4. The molecule has 0 saturated carbocycles. The van der Waals surface area contributed by atoms with E-state index in [0.717, 1.165) is 28.7 Å². The summed E-state index contributed by atoms with van der Waals surface area (Å²) in [5.74, 6) is -0.0698. The summed E-state index contributed by atoms with van der Waals surface area (Å²) in [5.41, 5.74) is 2.56. The third-order valence-electron chi connectivity index (χ3n) is 3.04. The maximum atomic E-state index is 12.3. The van der Waals surface area contributed by atoms with Crippen molar-refractivity contribution in [2.75, 3.05) is 5.32 Å². The molecule has 0 saturated heterocycles. The first kappa shape index (κ1) is 13.9. The summed E-state index contributed by atoms with van der Waals surface area (Å²) in [6, 6.07) is 9.53. The number of nitrogens with one attached hydrogen (secondary N) is 1. The summed E-state index contributed by atoms with van der Waals surface area (Å²) in [4.78, 5) is 12.3. The molecule has 0 unspecified atom stereocenters. The molecule has 0 aliphatic heterocycles. The van der Waals surface area contributed by atoms with Gasteiger partial charge in [-0.3, -0.25) is 4.79 Å². The molecule has 2 rings (SSSR count). The lowest BCUT2D eigenvalue weighted by Gasteiger charge is -2.11. The molecular weight excluding hydrogens is 304 g/mol. The second kappa shape index (κ2) is 6.06. The number of hydrogen-bond acceptors (Lipinski definition) is 1. The Morgan fingerprint density at radius 1 is 1.32 bits per heavy atom. The number of halogens is 1. The van der Waals surface area contributed by atoms with E-state index in [0.29, 0.717) is 5.69 Å². The summed E-state index contributed by atoms with van der Waals surface area (Å²) in [7, 11) is 0. The van der Waals surface area contributed by atoms with Crippen molar-refractivity contribution < 1.29 is 4.79 Å². The van der Waals surface area contributed by atoms with Crippen LogP contribution in [0.25, 0.3) is 0 Å². The van der Waals surface area contributed by atoms with E-state index in [4.69, 9.17) is 0 Å². The van der Waals surface area contributed by atoms with Crippen LogP contribution in [-0.4, -0.2) is 10.5 Å². The van der Waals surface area contributed by atoms with Crippen molar-refractivity contribution in [2.24, 2.45) is 0 Å². The first-order chi connectivity index (χ1) is 9.13. The van der Waals surface area contributed by atoms with Crippen LogP contribution in [0, 0.1) is 6.92 Å². The SMILES string of the molecule is CCCn1cccc1C(=O)Nc1cccc(Br)c1C. The predicted molar refractivity (Wildman–Crippen MR) is 81.6 cm³/mol. The number of amides is 1. The molecule has 0 fully saturated rings. The van der Waals surface area contributed by atoms with Crippen LogP contribution in [0.5, 0.6) is 0 Å². The molecule has 0 bridgehead atoms. The van der Waals surface area contributed by atoms with Crippen molar-refractivity contribution >= 4 is 27.5 Å². The summed E-state index contributed by atoms with van der Waals surface area (Å²) in [6.07, 6.45) is 2.94. The number of carbonyl (C=O) groups excluding carboxylic acids is 1. The Balaban J connectivity index is 2.21. The Kier molecular flexibility index (Phi) is 4.43. The minimum absolute atomic E-state index is 0.0698. The summed E-state index contributed by atoms with van der Waals surface area (Å²) in [6.45, 7) is 4.93. The van der Waals surface area contributed by atoms with Crippen molar-refractivity contribution in [3.05, 3.63) is 52.3 Å². The van der Waals surface area contributed by atoms with Crippen LogP contribution in [0.15, 0.2) is 41.0 Å². The Morgan fingerprint density at radius 3 is 2.84 bits per heavy atom. The quantitative estimate of drug-likeness (QED) is 0.899. The maximum absolute atomic E-state index is 12.3. The van der Waals surface area contributed by atoms with Crippen LogP contribution in [-0.2, 0) is 6.54 Å². The molecule has 0 radical (unpaired) electrons. The van der Waals surface area contributed by atoms with E-state index in [2.05, 4.69) is 28.2 Å². The van der Waals surface area contributed by atoms with Gasteiger partial charge in [-0.1, -0.05) is 28.9 Å². The second-order valence-corrected chi connectivity index (χ2v) is 5.31. The smallest absolute Gasteiger partial charge is 0.272 e. The number of benzene rings is 1. The monoisotopic (exact) mass is 320 g/mol. The average molecular weight is 321 g/mol. The molecule has 0 spiro atoms. The molecule has 0 aliphatic rings. The average Bonchev–Trinajstić information content (AvgIpc) is 2.84. The fourth-order valence-electron chi connectivity index (χ4n) is 1.99. The van der Waals surface area contributed by atoms with Crippen LogP contribution in [0.2, 0.25) is 0 Å². The molecule has 100 valence electrons. The number of anilines is 1. The number of nitrogens with zero attached hydrogens (tertiary/aromatic N) is 1. The number of hydrogen-bond donors (Lipinski definition) is 1. The summed E-state index contributed by atoms with van der Waals surface area (Å²) < 4.78 is 2.97. The van der Waals surface area contributed by atoms with Crippen molar-refractivity contribution in [2.45, 2.75) is 26.8 Å². The molecule has 3 nitrogen and oxygen atoms in total. The van der Waals surface area contributed by atoms with Gasteiger partial charge in [-0.15, -0.1) is 0 Å². The molecular formula is C15H17BrN2O. The number of carbonyl (C=O) groups is 1. The van der Waals surface area contributed by atoms with Crippen LogP contribution in [0.3, 0.4) is 0 Å². The first-order valence-corrected chi connectivity index (χ1v) is 7.14. The molecule has 19 heavy (non-hydrogen) atoms. The van der Waals surface area contributed by atoms with Gasteiger partial charge in [-0.25, -0.2) is 0 Å². The third-order valence-corrected chi connectivity index (χ3v) is 3.90. The normalized spacial score (nSPS) is 10.5. The van der Waals surface area contributed by atoms with Gasteiger partial charge in [0.1, 0.15) is 5.69 Å². The minimum Gasteiger partial charge on any atom is -0.344 e. The fraction of sp³-hybridized carbons (Fsp3) is 0.267. The van der Waals surface area contributed by atoms with E-state index in [1.54, 1.807) is 0 Å². The molecule has 0 atom stereocenters. The fourth-order valence-corrected chi connectivity index (χ4v) is 2.35. The van der Waals surface area contributed by atoms with E-state index < -0.39 is 0 Å². The highest BCUT2D eigenvalue weighted by atomic mass is 79.9. The Hall–Kier alpha value is -1.55. The zero-order chi connectivity index (χ0) is 13.8. The van der Waals surface area contributed by atoms with Crippen LogP contribution in [0.4, 0.5) is 5.69 Å². The van der Waals surface area contributed by atoms with Crippen LogP contribution >= 0.6 is 15.9 Å². The van der Waals surface area contributed by atoms with Gasteiger partial charge in [0.2, 0.25) is 0 Å². The molecule has 1 aromatic carbocycles. The Morgan fingerprint density at radius 2 is 2.11 bits per heavy atom. The van der Waals surface area contributed by atoms with Crippen molar-refractivity contribution in [3.63, 3.8) is 0 Å². The minimum atomic E-state index is -0.0698. The number of aryl methyl sites for hydroxylation is 1. The third kappa shape index (κ3) is 3.07. The topological polar surface area (TPSA) is 34.0 Å². The molecule has 0 aliphatic carbocycles. The van der Waals surface area contributed by atoms with Gasteiger partial charge in [-0.05, 0) is 43.2 Å². The van der Waals surface area contributed by atoms with Crippen LogP contribution in [0.1, 0.15) is 29.4 Å². The maximum Gasteiger partial charge on any atom is 0.272 e. The lowest BCUT2D eigenvalue weighted by atomic mass is 10.2. The largest absolute Gasteiger partial charge is 0.344 e. The highest BCUT2D eigenvalue weighted by molar-refractivity contribution is 9.10. The molecule has 1 aromatic heterocycles. The zero-order valence-electron chi connectivity index (χ0n) is 11.1. The van der Waals surface area contributed by atoms with Gasteiger partial charge in [0.25, 0.3) is 5.91 Å². The van der Waals surface area contributed by atoms with Gasteiger partial charge in [0.05, 0.1) is 0 Å². The highest BCUT2D eigenvalue weighted by Gasteiger charge is 2.12. The molecule has 1 amide bonds. The number of aromatic nitrogens is 1. The van der Waals surface area contributed by atoms with E-state index in [1.807, 2.05) is 48.0 Å². The molecule has 1 N–H and O–H groups in total. The van der Waals surface area contributed by atoms with Gasteiger partial charge >= 0.3 is 0 Å². The zero-order valence-corrected chi connectivity index (χ0v) is 12.7. The molecule has 4 heteroatoms. The van der Waals surface area contributed by atoms with Gasteiger partial charge in [-0.2, -0.15) is 0 Å². The van der Waals surface area contributed by atoms with Crippen molar-refractivity contribution in [1.82, 2.24) is 4.57 Å². The molecule has 1 heterocycles. The van der Waals surface area contributed by atoms with E-state index in [1.165, 1.54) is 0 Å². The van der Waals surface area contributed by atoms with Crippen molar-refractivity contribution in [1.29, 1.82) is 0 Å². The lowest BCUT2D eigenvalue weighted by molar-refractivity contribution is 0.101. The lowest BCUT2D eigenvalue weighted by Crippen LogP contribution is -2.17. The predicted octanol–water partition coefficient (Wildman–Crippen LogP) is 4.22. The Labute approximate surface area is 121 Å². The van der Waals surface area contributed by atoms with Gasteiger partial charge in [0.15, 0.2) is 0 Å². The van der Waals surface area contributed by atoms with Gasteiger partial charge < -0.3 is 9.88 Å². The Bertz CT molecular complexity index is 590. The first-order valence-electron chi connectivity index (χ1n) is 6.35. The summed E-state index contributed by atoms with van der Waals surface area (Å²) >= 11 is 3.47. The van der Waals surface area contributed by atoms with Gasteiger partial charge in [0, 0.05) is 22.9 Å². The van der Waals surface area contributed by atoms with E-state index in [-0.39, 0.29) is 5.91 Å². The van der Waals surface area contributed by atoms with Crippen LogP contribution < -0.4 is 5.32 Å². The standard InChI is InChI=1S/C15H17BrN2O/c1-3-9-18-10-5-8-14(18)15(19)17-13-7-4-6-12(16)11(13)2/h4-8,10H,3,9H2,1-2H3,(H,17,19). The van der Waals surface area contributed by atoms with Crippen molar-refractivity contribution in [3.8, 4) is 0 Å². The second-order valence-electron chi connectivity index (χ2n) is 4.45. The van der Waals surface area contributed by atoms with E-state index in [9.17, 15) is 4.79 Å². The highest BCUT2D eigenvalue weighted by Crippen LogP contribution is 2.24. The van der Waals surface area contributed by atoms with E-state index >= 15 is 0 Å². The molecule has 2 aromatic rings. The summed E-state index contributed by atoms with van der Waals surface area (Å²) in [5, 5.41) is 2.96.